The molecule has 0 bridgehead atoms. The predicted molar refractivity (Wildman–Crippen MR) is 93.5 cm³/mol. The Morgan fingerprint density at radius 3 is 1.91 bits per heavy atom. The van der Waals surface area contributed by atoms with Crippen molar-refractivity contribution in [1.82, 2.24) is 10.6 Å². The van der Waals surface area contributed by atoms with Crippen LogP contribution < -0.4 is 10.6 Å². The van der Waals surface area contributed by atoms with Crippen LogP contribution in [-0.2, 0) is 4.79 Å². The average molecular weight is 319 g/mol. The van der Waals surface area contributed by atoms with E-state index < -0.39 is 0 Å². The van der Waals surface area contributed by atoms with Crippen LogP contribution in [0.2, 0.25) is 0 Å². The normalized spacial score (nSPS) is 10.1. The van der Waals surface area contributed by atoms with Gasteiger partial charge in [0.1, 0.15) is 0 Å². The maximum Gasteiger partial charge on any atom is 0.233 e. The fourth-order valence-corrected chi connectivity index (χ4v) is 2.48. The molecule has 3 nitrogen and oxygen atoms in total. The van der Waals surface area contributed by atoms with Gasteiger partial charge in [-0.05, 0) is 24.6 Å². The van der Waals surface area contributed by atoms with Gasteiger partial charge < -0.3 is 10.6 Å². The first kappa shape index (κ1) is 18.2. The first-order chi connectivity index (χ1) is 10.3. The molecule has 0 aliphatic rings. The fraction of sp³-hybridized carbons (Fsp3) is 0.278. The Kier molecular flexibility index (Phi) is 8.26. The van der Waals surface area contributed by atoms with E-state index in [2.05, 4.69) is 59.2 Å². The number of likely N-dealkylation sites (N-methyl/N-ethyl adjacent to an activating group) is 1. The second kappa shape index (κ2) is 9.98. The molecule has 0 saturated heterocycles. The van der Waals surface area contributed by atoms with E-state index >= 15 is 0 Å². The summed E-state index contributed by atoms with van der Waals surface area (Å²) < 4.78 is 0. The summed E-state index contributed by atoms with van der Waals surface area (Å²) in [4.78, 5) is 11.5. The lowest BCUT2D eigenvalue weighted by atomic mass is 9.88. The number of nitrogens with one attached hydrogen (secondary N) is 2. The highest BCUT2D eigenvalue weighted by molar-refractivity contribution is 5.85. The summed E-state index contributed by atoms with van der Waals surface area (Å²) in [6.07, 6.45) is 0.892. The maximum absolute atomic E-state index is 11.5. The number of hydrogen-bond acceptors (Lipinski definition) is 2. The molecule has 0 aromatic heterocycles. The molecule has 0 radical (unpaired) electrons. The van der Waals surface area contributed by atoms with E-state index in [9.17, 15) is 4.79 Å². The molecular formula is C18H23ClN2O. The predicted octanol–water partition coefficient (Wildman–Crippen LogP) is 2.97. The van der Waals surface area contributed by atoms with Crippen molar-refractivity contribution in [3.63, 3.8) is 0 Å². The van der Waals surface area contributed by atoms with Crippen LogP contribution in [0.15, 0.2) is 60.7 Å². The van der Waals surface area contributed by atoms with Crippen molar-refractivity contribution in [3.8, 4) is 0 Å². The van der Waals surface area contributed by atoms with Crippen LogP contribution in [0.25, 0.3) is 0 Å². The lowest BCUT2D eigenvalue weighted by Gasteiger charge is -2.18. The number of halogens is 1. The smallest absolute Gasteiger partial charge is 0.233 e. The topological polar surface area (TPSA) is 41.1 Å². The van der Waals surface area contributed by atoms with Gasteiger partial charge in [0.25, 0.3) is 0 Å². The lowest BCUT2D eigenvalue weighted by Crippen LogP contribution is -2.33. The van der Waals surface area contributed by atoms with Crippen LogP contribution in [0.3, 0.4) is 0 Å². The quantitative estimate of drug-likeness (QED) is 0.824. The zero-order chi connectivity index (χ0) is 14.9. The number of benzene rings is 2. The first-order valence-corrected chi connectivity index (χ1v) is 7.32. The van der Waals surface area contributed by atoms with Crippen LogP contribution in [0, 0.1) is 0 Å². The number of rotatable bonds is 7. The summed E-state index contributed by atoms with van der Waals surface area (Å²) in [6.45, 7) is 1.04. The zero-order valence-corrected chi connectivity index (χ0v) is 13.6. The third kappa shape index (κ3) is 5.51. The van der Waals surface area contributed by atoms with Gasteiger partial charge in [-0.25, -0.2) is 0 Å². The molecule has 4 heteroatoms. The Bertz CT molecular complexity index is 506. The van der Waals surface area contributed by atoms with E-state index in [1.807, 2.05) is 12.1 Å². The zero-order valence-electron chi connectivity index (χ0n) is 12.8. The minimum atomic E-state index is 0. The molecule has 2 aromatic carbocycles. The standard InChI is InChI=1S/C18H22N2O.ClH/c1-19-14-18(21)20-13-12-17(15-8-4-2-5-9-15)16-10-6-3-7-11-16;/h2-11,17,19H,12-14H2,1H3,(H,20,21);1H. The minimum Gasteiger partial charge on any atom is -0.355 e. The van der Waals surface area contributed by atoms with Crippen molar-refractivity contribution in [3.05, 3.63) is 71.8 Å². The molecule has 0 fully saturated rings. The largest absolute Gasteiger partial charge is 0.355 e. The van der Waals surface area contributed by atoms with Crippen LogP contribution in [-0.4, -0.2) is 26.0 Å². The Morgan fingerprint density at radius 1 is 0.955 bits per heavy atom. The molecule has 0 unspecified atom stereocenters. The lowest BCUT2D eigenvalue weighted by molar-refractivity contribution is -0.120. The van der Waals surface area contributed by atoms with Crippen molar-refractivity contribution >= 4 is 18.3 Å². The van der Waals surface area contributed by atoms with E-state index in [0.717, 1.165) is 6.42 Å². The van der Waals surface area contributed by atoms with Gasteiger partial charge in [-0.3, -0.25) is 4.79 Å². The Morgan fingerprint density at radius 2 is 1.45 bits per heavy atom. The van der Waals surface area contributed by atoms with Gasteiger partial charge >= 0.3 is 0 Å². The van der Waals surface area contributed by atoms with Crippen LogP contribution >= 0.6 is 12.4 Å². The van der Waals surface area contributed by atoms with Crippen molar-refractivity contribution in [2.45, 2.75) is 12.3 Å². The maximum atomic E-state index is 11.5. The molecular weight excluding hydrogens is 296 g/mol. The summed E-state index contributed by atoms with van der Waals surface area (Å²) in [5.41, 5.74) is 2.57. The molecule has 0 atom stereocenters. The first-order valence-electron chi connectivity index (χ1n) is 7.32. The number of carbonyl (C=O) groups is 1. The van der Waals surface area contributed by atoms with Gasteiger partial charge in [-0.1, -0.05) is 60.7 Å². The third-order valence-corrected chi connectivity index (χ3v) is 3.50. The molecule has 22 heavy (non-hydrogen) atoms. The molecule has 2 rings (SSSR count). The van der Waals surface area contributed by atoms with Crippen LogP contribution in [0.4, 0.5) is 0 Å². The second-order valence-electron chi connectivity index (χ2n) is 5.04. The van der Waals surface area contributed by atoms with Crippen LogP contribution in [0.5, 0.6) is 0 Å². The van der Waals surface area contributed by atoms with Crippen LogP contribution in [0.1, 0.15) is 23.5 Å². The molecule has 0 aliphatic carbocycles. The molecule has 0 aliphatic heterocycles. The number of hydrogen-bond donors (Lipinski definition) is 2. The average Bonchev–Trinajstić information content (AvgIpc) is 2.53. The highest BCUT2D eigenvalue weighted by atomic mass is 35.5. The highest BCUT2D eigenvalue weighted by Gasteiger charge is 2.13. The SMILES string of the molecule is CNCC(=O)NCCC(c1ccccc1)c1ccccc1.Cl. The van der Waals surface area contributed by atoms with E-state index in [1.54, 1.807) is 7.05 Å². The Labute approximate surface area is 138 Å². The molecule has 1 amide bonds. The molecule has 0 spiro atoms. The van der Waals surface area contributed by atoms with Gasteiger partial charge in [-0.2, -0.15) is 0 Å². The monoisotopic (exact) mass is 318 g/mol. The summed E-state index contributed by atoms with van der Waals surface area (Å²) in [5, 5.41) is 5.81. The molecule has 0 heterocycles. The van der Waals surface area contributed by atoms with Gasteiger partial charge in [0, 0.05) is 12.5 Å². The second-order valence-corrected chi connectivity index (χ2v) is 5.04. The summed E-state index contributed by atoms with van der Waals surface area (Å²) >= 11 is 0. The summed E-state index contributed by atoms with van der Waals surface area (Å²) in [5.74, 6) is 0.347. The van der Waals surface area contributed by atoms with Gasteiger partial charge in [0.15, 0.2) is 0 Å². The minimum absolute atomic E-state index is 0. The van der Waals surface area contributed by atoms with E-state index in [-0.39, 0.29) is 18.3 Å². The van der Waals surface area contributed by atoms with Gasteiger partial charge in [0.2, 0.25) is 5.91 Å². The van der Waals surface area contributed by atoms with E-state index in [4.69, 9.17) is 0 Å². The van der Waals surface area contributed by atoms with Gasteiger partial charge in [0.05, 0.1) is 6.54 Å². The molecule has 2 aromatic rings. The van der Waals surface area contributed by atoms with E-state index in [0.29, 0.717) is 19.0 Å². The van der Waals surface area contributed by atoms with Crippen molar-refractivity contribution in [2.75, 3.05) is 20.1 Å². The summed E-state index contributed by atoms with van der Waals surface area (Å²) in [7, 11) is 1.77. The number of carbonyl (C=O) groups excluding carboxylic acids is 1. The van der Waals surface area contributed by atoms with Gasteiger partial charge in [-0.15, -0.1) is 12.4 Å². The highest BCUT2D eigenvalue weighted by Crippen LogP contribution is 2.27. The van der Waals surface area contributed by atoms with Crippen molar-refractivity contribution < 1.29 is 4.79 Å². The molecule has 2 N–H and O–H groups in total. The van der Waals surface area contributed by atoms with Crippen molar-refractivity contribution in [2.24, 2.45) is 0 Å². The Balaban J connectivity index is 0.00000242. The number of amides is 1. The Hall–Kier alpha value is -1.84. The molecule has 0 saturated carbocycles. The van der Waals surface area contributed by atoms with E-state index in [1.165, 1.54) is 11.1 Å². The summed E-state index contributed by atoms with van der Waals surface area (Å²) in [6, 6.07) is 20.9. The molecule has 118 valence electrons. The fourth-order valence-electron chi connectivity index (χ4n) is 2.48. The third-order valence-electron chi connectivity index (χ3n) is 3.50. The van der Waals surface area contributed by atoms with Crippen molar-refractivity contribution in [1.29, 1.82) is 0 Å².